The Hall–Kier alpha value is -1.02. The summed E-state index contributed by atoms with van der Waals surface area (Å²) in [6, 6.07) is 3.72. The maximum absolute atomic E-state index is 12.8. The molecule has 0 aliphatic carbocycles. The van der Waals surface area contributed by atoms with E-state index < -0.39 is 10.2 Å². The number of aromatic nitrogens is 1. The predicted octanol–water partition coefficient (Wildman–Crippen LogP) is 0.963. The van der Waals surface area contributed by atoms with Gasteiger partial charge < -0.3 is 5.73 Å². The van der Waals surface area contributed by atoms with E-state index in [1.54, 1.807) is 16.7 Å². The Morgan fingerprint density at radius 1 is 1.29 bits per heavy atom. The van der Waals surface area contributed by atoms with Crippen molar-refractivity contribution in [3.05, 3.63) is 30.1 Å². The summed E-state index contributed by atoms with van der Waals surface area (Å²) < 4.78 is 28.7. The van der Waals surface area contributed by atoms with Crippen LogP contribution in [0.4, 0.5) is 0 Å². The zero-order valence-corrected chi connectivity index (χ0v) is 13.1. The molecular weight excluding hydrogens is 288 g/mol. The van der Waals surface area contributed by atoms with Gasteiger partial charge in [-0.1, -0.05) is 12.5 Å². The topological polar surface area (TPSA) is 79.5 Å². The molecule has 0 aromatic carbocycles. The summed E-state index contributed by atoms with van der Waals surface area (Å²) in [7, 11) is -3.41. The van der Waals surface area contributed by atoms with E-state index in [2.05, 4.69) is 4.98 Å². The summed E-state index contributed by atoms with van der Waals surface area (Å²) >= 11 is 0. The van der Waals surface area contributed by atoms with E-state index in [-0.39, 0.29) is 0 Å². The fourth-order valence-electron chi connectivity index (χ4n) is 2.50. The molecule has 2 rings (SSSR count). The Labute approximate surface area is 127 Å². The van der Waals surface area contributed by atoms with Gasteiger partial charge >= 0.3 is 0 Å². The Morgan fingerprint density at radius 3 is 2.67 bits per heavy atom. The van der Waals surface area contributed by atoms with Crippen molar-refractivity contribution < 1.29 is 8.42 Å². The van der Waals surface area contributed by atoms with Gasteiger partial charge in [-0.3, -0.25) is 4.98 Å². The van der Waals surface area contributed by atoms with Crippen molar-refractivity contribution in [2.24, 2.45) is 5.73 Å². The van der Waals surface area contributed by atoms with Crippen LogP contribution in [0.3, 0.4) is 0 Å². The van der Waals surface area contributed by atoms with E-state index in [0.717, 1.165) is 24.8 Å². The third-order valence-electron chi connectivity index (χ3n) is 3.66. The summed E-state index contributed by atoms with van der Waals surface area (Å²) in [6.45, 7) is 2.53. The SMILES string of the molecule is NCCCN(Cc1cccnc1)S(=O)(=O)N1CCCCC1. The molecule has 21 heavy (non-hydrogen) atoms. The summed E-state index contributed by atoms with van der Waals surface area (Å²) in [4.78, 5) is 4.05. The molecule has 0 spiro atoms. The average molecular weight is 312 g/mol. The van der Waals surface area contributed by atoms with Crippen molar-refractivity contribution in [2.45, 2.75) is 32.2 Å². The number of hydrogen-bond acceptors (Lipinski definition) is 4. The van der Waals surface area contributed by atoms with Crippen LogP contribution in [0.5, 0.6) is 0 Å². The van der Waals surface area contributed by atoms with Crippen molar-refractivity contribution in [1.29, 1.82) is 0 Å². The van der Waals surface area contributed by atoms with E-state index >= 15 is 0 Å². The minimum atomic E-state index is -3.41. The molecule has 1 saturated heterocycles. The first-order chi connectivity index (χ1) is 10.1. The maximum Gasteiger partial charge on any atom is 0.282 e. The largest absolute Gasteiger partial charge is 0.330 e. The van der Waals surface area contributed by atoms with Crippen molar-refractivity contribution >= 4 is 10.2 Å². The first-order valence-electron chi connectivity index (χ1n) is 7.49. The van der Waals surface area contributed by atoms with Gasteiger partial charge in [-0.25, -0.2) is 0 Å². The van der Waals surface area contributed by atoms with Crippen molar-refractivity contribution in [1.82, 2.24) is 13.6 Å². The van der Waals surface area contributed by atoms with E-state index in [1.165, 1.54) is 4.31 Å². The molecule has 7 heteroatoms. The van der Waals surface area contributed by atoms with Gasteiger partial charge in [0.05, 0.1) is 0 Å². The molecule has 2 heterocycles. The van der Waals surface area contributed by atoms with Gasteiger partial charge in [0, 0.05) is 38.6 Å². The van der Waals surface area contributed by atoms with Crippen LogP contribution in [0.1, 0.15) is 31.2 Å². The van der Waals surface area contributed by atoms with Crippen LogP contribution in [0, 0.1) is 0 Å². The van der Waals surface area contributed by atoms with E-state index in [0.29, 0.717) is 39.1 Å². The summed E-state index contributed by atoms with van der Waals surface area (Å²) in [6.07, 6.45) is 7.05. The Morgan fingerprint density at radius 2 is 2.05 bits per heavy atom. The lowest BCUT2D eigenvalue weighted by Crippen LogP contribution is -2.46. The van der Waals surface area contributed by atoms with Crippen LogP contribution in [0.15, 0.2) is 24.5 Å². The average Bonchev–Trinajstić information content (AvgIpc) is 2.53. The smallest absolute Gasteiger partial charge is 0.282 e. The van der Waals surface area contributed by atoms with Crippen LogP contribution in [-0.2, 0) is 16.8 Å². The lowest BCUT2D eigenvalue weighted by atomic mass is 10.2. The van der Waals surface area contributed by atoms with E-state index in [4.69, 9.17) is 5.73 Å². The number of nitrogens with zero attached hydrogens (tertiary/aromatic N) is 3. The molecule has 0 unspecified atom stereocenters. The Kier molecular flexibility index (Phi) is 6.10. The molecule has 0 atom stereocenters. The normalized spacial score (nSPS) is 17.2. The highest BCUT2D eigenvalue weighted by Gasteiger charge is 2.30. The fourth-order valence-corrected chi connectivity index (χ4v) is 4.22. The fraction of sp³-hybridized carbons (Fsp3) is 0.643. The van der Waals surface area contributed by atoms with Crippen LogP contribution in [0.25, 0.3) is 0 Å². The molecule has 118 valence electrons. The minimum Gasteiger partial charge on any atom is -0.330 e. The van der Waals surface area contributed by atoms with Gasteiger partial charge in [-0.2, -0.15) is 17.0 Å². The Balaban J connectivity index is 2.13. The quantitative estimate of drug-likeness (QED) is 0.813. The van der Waals surface area contributed by atoms with Gasteiger partial charge in [-0.05, 0) is 37.4 Å². The summed E-state index contributed by atoms with van der Waals surface area (Å²) in [5, 5.41) is 0. The third kappa shape index (κ3) is 4.47. The number of rotatable bonds is 7. The molecule has 1 fully saturated rings. The predicted molar refractivity (Wildman–Crippen MR) is 82.7 cm³/mol. The van der Waals surface area contributed by atoms with Gasteiger partial charge in [0.25, 0.3) is 10.2 Å². The first-order valence-corrected chi connectivity index (χ1v) is 8.88. The van der Waals surface area contributed by atoms with Crippen LogP contribution in [0.2, 0.25) is 0 Å². The summed E-state index contributed by atoms with van der Waals surface area (Å²) in [5.41, 5.74) is 6.44. The van der Waals surface area contributed by atoms with E-state index in [1.807, 2.05) is 12.1 Å². The summed E-state index contributed by atoms with van der Waals surface area (Å²) in [5.74, 6) is 0. The second kappa shape index (κ2) is 7.84. The number of pyridine rings is 1. The number of piperidine rings is 1. The second-order valence-electron chi connectivity index (χ2n) is 5.30. The van der Waals surface area contributed by atoms with Gasteiger partial charge in [0.1, 0.15) is 0 Å². The van der Waals surface area contributed by atoms with Crippen molar-refractivity contribution in [2.75, 3.05) is 26.2 Å². The lowest BCUT2D eigenvalue weighted by molar-refractivity contribution is 0.298. The van der Waals surface area contributed by atoms with Crippen LogP contribution < -0.4 is 5.73 Å². The maximum atomic E-state index is 12.8. The number of hydrogen-bond donors (Lipinski definition) is 1. The lowest BCUT2D eigenvalue weighted by Gasteiger charge is -2.32. The molecule has 6 nitrogen and oxygen atoms in total. The second-order valence-corrected chi connectivity index (χ2v) is 7.23. The van der Waals surface area contributed by atoms with Gasteiger partial charge in [-0.15, -0.1) is 0 Å². The minimum absolute atomic E-state index is 0.354. The molecule has 1 aromatic heterocycles. The Bertz CT molecular complexity index is 515. The monoisotopic (exact) mass is 312 g/mol. The zero-order chi connectivity index (χ0) is 15.1. The third-order valence-corrected chi connectivity index (χ3v) is 5.64. The van der Waals surface area contributed by atoms with E-state index in [9.17, 15) is 8.42 Å². The molecule has 1 aliphatic rings. The zero-order valence-electron chi connectivity index (χ0n) is 12.3. The van der Waals surface area contributed by atoms with Gasteiger partial charge in [0.2, 0.25) is 0 Å². The molecule has 0 amide bonds. The molecular formula is C14H24N4O2S. The van der Waals surface area contributed by atoms with Crippen molar-refractivity contribution in [3.63, 3.8) is 0 Å². The van der Waals surface area contributed by atoms with Gasteiger partial charge in [0.15, 0.2) is 0 Å². The molecule has 1 aliphatic heterocycles. The molecule has 0 bridgehead atoms. The molecule has 0 radical (unpaired) electrons. The highest BCUT2D eigenvalue weighted by Crippen LogP contribution is 2.18. The molecule has 0 saturated carbocycles. The molecule has 1 aromatic rings. The molecule has 2 N–H and O–H groups in total. The van der Waals surface area contributed by atoms with Crippen molar-refractivity contribution in [3.8, 4) is 0 Å². The highest BCUT2D eigenvalue weighted by atomic mass is 32.2. The van der Waals surface area contributed by atoms with Crippen LogP contribution >= 0.6 is 0 Å². The standard InChI is InChI=1S/C14H24N4O2S/c15-7-5-11-18(13-14-6-4-8-16-12-14)21(19,20)17-9-2-1-3-10-17/h4,6,8,12H,1-3,5,7,9-11,13,15H2. The van der Waals surface area contributed by atoms with Crippen LogP contribution in [-0.4, -0.2) is 48.2 Å². The number of nitrogens with two attached hydrogens (primary N) is 1. The highest BCUT2D eigenvalue weighted by molar-refractivity contribution is 7.86. The first kappa shape index (κ1) is 16.4.